The van der Waals surface area contributed by atoms with Crippen molar-refractivity contribution in [3.05, 3.63) is 47.0 Å². The van der Waals surface area contributed by atoms with Gasteiger partial charge in [0.25, 0.3) is 0 Å². The molecule has 0 aliphatic rings. The number of hydrogen-bond acceptors (Lipinski definition) is 4. The van der Waals surface area contributed by atoms with Crippen LogP contribution in [0.3, 0.4) is 0 Å². The normalized spacial score (nSPS) is 10.3. The molecule has 0 spiro atoms. The van der Waals surface area contributed by atoms with Crippen molar-refractivity contribution in [2.24, 2.45) is 5.18 Å². The van der Waals surface area contributed by atoms with Gasteiger partial charge in [-0.05, 0) is 17.3 Å². The summed E-state index contributed by atoms with van der Waals surface area (Å²) in [7, 11) is 3.65. The molecule has 0 unspecified atom stereocenters. The summed E-state index contributed by atoms with van der Waals surface area (Å²) in [5.41, 5.74) is 0.726. The Morgan fingerprint density at radius 1 is 1.40 bits per heavy atom. The molecule has 0 atom stereocenters. The molecule has 1 aromatic carbocycles. The molecule has 1 rings (SSSR count). The molecule has 0 heterocycles. The summed E-state index contributed by atoms with van der Waals surface area (Å²) in [4.78, 5) is 23.6. The minimum atomic E-state index is -0.144. The molecule has 0 fully saturated rings. The summed E-state index contributed by atoms with van der Waals surface area (Å²) in [6.07, 6.45) is 3.10. The van der Waals surface area contributed by atoms with Crippen LogP contribution in [0.4, 0.5) is 5.69 Å². The average molecular weight is 204 g/mol. The van der Waals surface area contributed by atoms with Gasteiger partial charge in [0.05, 0.1) is 0 Å². The Morgan fingerprint density at radius 3 is 2.73 bits per heavy atom. The van der Waals surface area contributed by atoms with Crippen LogP contribution >= 0.6 is 0 Å². The third-order valence-corrected chi connectivity index (χ3v) is 1.76. The quantitative estimate of drug-likeness (QED) is 0.429. The van der Waals surface area contributed by atoms with E-state index in [2.05, 4.69) is 5.18 Å². The molecule has 4 heteroatoms. The van der Waals surface area contributed by atoms with Gasteiger partial charge in [-0.3, -0.25) is 4.79 Å². The number of nitrogens with zero attached hydrogens (tertiary/aromatic N) is 2. The largest absolute Gasteiger partial charge is 0.383 e. The van der Waals surface area contributed by atoms with Crippen molar-refractivity contribution in [1.29, 1.82) is 0 Å². The van der Waals surface area contributed by atoms with Gasteiger partial charge in [0.2, 0.25) is 0 Å². The Kier molecular flexibility index (Phi) is 3.74. The van der Waals surface area contributed by atoms with Gasteiger partial charge < -0.3 is 4.90 Å². The van der Waals surface area contributed by atoms with Crippen LogP contribution in [-0.4, -0.2) is 24.8 Å². The van der Waals surface area contributed by atoms with E-state index in [4.69, 9.17) is 0 Å². The van der Waals surface area contributed by atoms with Crippen molar-refractivity contribution in [3.63, 3.8) is 0 Å². The van der Waals surface area contributed by atoms with Crippen LogP contribution in [0.5, 0.6) is 0 Å². The van der Waals surface area contributed by atoms with Gasteiger partial charge >= 0.3 is 0 Å². The molecular weight excluding hydrogens is 192 g/mol. The van der Waals surface area contributed by atoms with E-state index in [1.54, 1.807) is 29.3 Å². The standard InChI is InChI=1S/C11H12N2O2/c1-13(2)7-6-11(14)9-4-3-5-10(8-9)12-15/h3-8H,1-2H3/b7-6+. The fourth-order valence-electron chi connectivity index (χ4n) is 1.03. The van der Waals surface area contributed by atoms with Gasteiger partial charge in [0, 0.05) is 31.9 Å². The second kappa shape index (κ2) is 5.05. The Hall–Kier alpha value is -1.97. The van der Waals surface area contributed by atoms with Gasteiger partial charge in [-0.15, -0.1) is 4.91 Å². The maximum absolute atomic E-state index is 11.6. The Morgan fingerprint density at radius 2 is 2.13 bits per heavy atom. The average Bonchev–Trinajstić information content (AvgIpc) is 2.26. The van der Waals surface area contributed by atoms with E-state index in [9.17, 15) is 9.70 Å². The van der Waals surface area contributed by atoms with Gasteiger partial charge in [0.15, 0.2) is 5.78 Å². The lowest BCUT2D eigenvalue weighted by molar-refractivity contribution is 0.104. The number of hydrogen-bond donors (Lipinski definition) is 0. The van der Waals surface area contributed by atoms with E-state index in [-0.39, 0.29) is 11.5 Å². The summed E-state index contributed by atoms with van der Waals surface area (Å²) in [5.74, 6) is -0.144. The molecule has 78 valence electrons. The first-order valence-corrected chi connectivity index (χ1v) is 4.46. The topological polar surface area (TPSA) is 49.7 Å². The zero-order valence-electron chi connectivity index (χ0n) is 8.68. The highest BCUT2D eigenvalue weighted by molar-refractivity contribution is 6.04. The predicted molar refractivity (Wildman–Crippen MR) is 59.1 cm³/mol. The van der Waals surface area contributed by atoms with Gasteiger partial charge in [-0.2, -0.15) is 0 Å². The summed E-state index contributed by atoms with van der Waals surface area (Å²) >= 11 is 0. The third kappa shape index (κ3) is 3.34. The number of benzene rings is 1. The summed E-state index contributed by atoms with van der Waals surface area (Å²) in [6, 6.07) is 6.30. The second-order valence-electron chi connectivity index (χ2n) is 3.29. The monoisotopic (exact) mass is 204 g/mol. The smallest absolute Gasteiger partial charge is 0.187 e. The first-order chi connectivity index (χ1) is 7.13. The van der Waals surface area contributed by atoms with Crippen LogP contribution < -0.4 is 0 Å². The molecule has 15 heavy (non-hydrogen) atoms. The maximum atomic E-state index is 11.6. The van der Waals surface area contributed by atoms with E-state index in [0.717, 1.165) is 0 Å². The lowest BCUT2D eigenvalue weighted by Gasteiger charge is -2.02. The highest BCUT2D eigenvalue weighted by Crippen LogP contribution is 2.14. The molecule has 0 N–H and O–H groups in total. The van der Waals surface area contributed by atoms with Crippen LogP contribution in [0.1, 0.15) is 10.4 Å². The minimum absolute atomic E-state index is 0.144. The summed E-state index contributed by atoms with van der Waals surface area (Å²) in [6.45, 7) is 0. The number of allylic oxidation sites excluding steroid dienone is 1. The van der Waals surface area contributed by atoms with Gasteiger partial charge in [0.1, 0.15) is 5.69 Å². The number of rotatable bonds is 4. The lowest BCUT2D eigenvalue weighted by atomic mass is 10.1. The van der Waals surface area contributed by atoms with Crippen molar-refractivity contribution in [2.45, 2.75) is 0 Å². The van der Waals surface area contributed by atoms with E-state index in [1.165, 1.54) is 12.1 Å². The predicted octanol–water partition coefficient (Wildman–Crippen LogP) is 2.34. The summed E-state index contributed by atoms with van der Waals surface area (Å²) in [5, 5.41) is 2.77. The zero-order valence-corrected chi connectivity index (χ0v) is 8.68. The van der Waals surface area contributed by atoms with Crippen molar-refractivity contribution in [3.8, 4) is 0 Å². The van der Waals surface area contributed by atoms with E-state index in [1.807, 2.05) is 14.1 Å². The van der Waals surface area contributed by atoms with Crippen LogP contribution in [0.2, 0.25) is 0 Å². The van der Waals surface area contributed by atoms with Crippen LogP contribution in [0, 0.1) is 4.91 Å². The first-order valence-electron chi connectivity index (χ1n) is 4.46. The molecule has 0 bridgehead atoms. The molecular formula is C11H12N2O2. The highest BCUT2D eigenvalue weighted by atomic mass is 16.3. The molecule has 0 amide bonds. The van der Waals surface area contributed by atoms with Crippen molar-refractivity contribution in [1.82, 2.24) is 4.90 Å². The molecule has 1 aromatic rings. The first kappa shape index (κ1) is 11.1. The molecule has 0 aromatic heterocycles. The summed E-state index contributed by atoms with van der Waals surface area (Å²) < 4.78 is 0. The third-order valence-electron chi connectivity index (χ3n) is 1.76. The highest BCUT2D eigenvalue weighted by Gasteiger charge is 2.02. The fourth-order valence-corrected chi connectivity index (χ4v) is 1.03. The van der Waals surface area contributed by atoms with Crippen molar-refractivity contribution < 1.29 is 4.79 Å². The second-order valence-corrected chi connectivity index (χ2v) is 3.29. The molecule has 0 aliphatic carbocycles. The van der Waals surface area contributed by atoms with Gasteiger partial charge in [-0.1, -0.05) is 12.1 Å². The lowest BCUT2D eigenvalue weighted by Crippen LogP contribution is -2.02. The van der Waals surface area contributed by atoms with Crippen LogP contribution in [0.15, 0.2) is 41.7 Å². The van der Waals surface area contributed by atoms with Gasteiger partial charge in [-0.25, -0.2) is 0 Å². The molecule has 0 aliphatic heterocycles. The van der Waals surface area contributed by atoms with Crippen molar-refractivity contribution >= 4 is 11.5 Å². The molecule has 4 nitrogen and oxygen atoms in total. The molecule has 0 saturated heterocycles. The molecule has 0 saturated carbocycles. The van der Waals surface area contributed by atoms with E-state index in [0.29, 0.717) is 5.56 Å². The van der Waals surface area contributed by atoms with Crippen LogP contribution in [-0.2, 0) is 0 Å². The zero-order chi connectivity index (χ0) is 11.3. The van der Waals surface area contributed by atoms with E-state index >= 15 is 0 Å². The fraction of sp³-hybridized carbons (Fsp3) is 0.182. The Balaban J connectivity index is 2.86. The minimum Gasteiger partial charge on any atom is -0.383 e. The Labute approximate surface area is 88.2 Å². The Bertz CT molecular complexity index is 397. The SMILES string of the molecule is CN(C)/C=C/C(=O)c1cccc(N=O)c1. The van der Waals surface area contributed by atoms with Crippen molar-refractivity contribution in [2.75, 3.05) is 14.1 Å². The molecule has 0 radical (unpaired) electrons. The number of carbonyl (C=O) groups is 1. The van der Waals surface area contributed by atoms with Crippen LogP contribution in [0.25, 0.3) is 0 Å². The maximum Gasteiger partial charge on any atom is 0.187 e. The van der Waals surface area contributed by atoms with E-state index < -0.39 is 0 Å². The number of carbonyl (C=O) groups excluding carboxylic acids is 1. The number of ketones is 1. The number of nitroso groups, excluding NO2 is 1.